The third kappa shape index (κ3) is 6.96. The van der Waals surface area contributed by atoms with Gasteiger partial charge in [-0.15, -0.1) is 0 Å². The lowest BCUT2D eigenvalue weighted by Gasteiger charge is -2.28. The second-order valence-corrected chi connectivity index (χ2v) is 8.99. The summed E-state index contributed by atoms with van der Waals surface area (Å²) in [5.41, 5.74) is 3.51. The minimum atomic E-state index is 0.297. The number of hydrogen-bond donors (Lipinski definition) is 1. The number of nitrogens with zero attached hydrogens (tertiary/aromatic N) is 2. The highest BCUT2D eigenvalue weighted by molar-refractivity contribution is 8.13. The monoisotopic (exact) mass is 418 g/mol. The summed E-state index contributed by atoms with van der Waals surface area (Å²) in [5.74, 6) is 0.786. The summed E-state index contributed by atoms with van der Waals surface area (Å²) in [5, 5.41) is 10.9. The lowest BCUT2D eigenvalue weighted by molar-refractivity contribution is 0.364. The number of benzene rings is 3. The van der Waals surface area contributed by atoms with Gasteiger partial charge >= 0.3 is 0 Å². The number of amidine groups is 1. The van der Waals surface area contributed by atoms with Gasteiger partial charge in [-0.1, -0.05) is 85.8 Å². The van der Waals surface area contributed by atoms with Crippen LogP contribution in [-0.2, 0) is 13.1 Å². The summed E-state index contributed by atoms with van der Waals surface area (Å²) in [6.45, 7) is 8.80. The van der Waals surface area contributed by atoms with Crippen molar-refractivity contribution in [2.75, 3.05) is 6.54 Å². The maximum Gasteiger partial charge on any atom is 0.164 e. The van der Waals surface area contributed by atoms with E-state index >= 15 is 0 Å². The van der Waals surface area contributed by atoms with E-state index in [1.165, 1.54) is 16.0 Å². The summed E-state index contributed by atoms with van der Waals surface area (Å²) in [7, 11) is 0. The third-order valence-electron chi connectivity index (χ3n) is 4.58. The first kappa shape index (κ1) is 22.0. The lowest BCUT2D eigenvalue weighted by Crippen LogP contribution is -2.32. The minimum Gasteiger partial charge on any atom is -0.508 e. The molecule has 3 rings (SSSR count). The normalized spacial score (nSPS) is 11.7. The fraction of sp³-hybridized carbons (Fsp3) is 0.269. The van der Waals surface area contributed by atoms with Crippen molar-refractivity contribution >= 4 is 16.9 Å². The molecule has 0 aliphatic carbocycles. The van der Waals surface area contributed by atoms with Gasteiger partial charge in [-0.3, -0.25) is 4.99 Å². The molecule has 0 saturated carbocycles. The Labute approximate surface area is 184 Å². The number of rotatable bonds is 7. The molecule has 0 unspecified atom stereocenters. The Morgan fingerprint density at radius 2 is 1.67 bits per heavy atom. The third-order valence-corrected chi connectivity index (χ3v) is 5.64. The number of hydrogen-bond acceptors (Lipinski definition) is 3. The maximum atomic E-state index is 9.91. The van der Waals surface area contributed by atoms with Crippen molar-refractivity contribution in [3.63, 3.8) is 0 Å². The minimum absolute atomic E-state index is 0.297. The van der Waals surface area contributed by atoms with Crippen LogP contribution in [0.25, 0.3) is 0 Å². The molecule has 0 radical (unpaired) electrons. The molecule has 0 amide bonds. The first-order valence-corrected chi connectivity index (χ1v) is 11.2. The molecule has 3 aromatic rings. The molecule has 0 spiro atoms. The van der Waals surface area contributed by atoms with E-state index in [-0.39, 0.29) is 0 Å². The standard InChI is InChI=1S/C26H30N2OS/c1-20(2)18-28(19-23-12-8-13-24(29)16-23)26(27-17-22-10-5-4-6-11-22)30-25-14-7-9-21(3)15-25/h4-16,20,29H,17-19H2,1-3H3. The van der Waals surface area contributed by atoms with Gasteiger partial charge in [0.25, 0.3) is 0 Å². The smallest absolute Gasteiger partial charge is 0.164 e. The van der Waals surface area contributed by atoms with Crippen LogP contribution >= 0.6 is 11.8 Å². The van der Waals surface area contributed by atoms with Crippen molar-refractivity contribution in [1.29, 1.82) is 0 Å². The number of aryl methyl sites for hydroxylation is 1. The van der Waals surface area contributed by atoms with Crippen LogP contribution < -0.4 is 0 Å². The van der Waals surface area contributed by atoms with Crippen molar-refractivity contribution in [1.82, 2.24) is 4.90 Å². The Hall–Kier alpha value is -2.72. The summed E-state index contributed by atoms with van der Waals surface area (Å²) >= 11 is 1.71. The molecule has 4 heteroatoms. The summed E-state index contributed by atoms with van der Waals surface area (Å²) in [4.78, 5) is 8.55. The number of aliphatic imine (C=N–C) groups is 1. The molecule has 0 saturated heterocycles. The second-order valence-electron chi connectivity index (χ2n) is 7.95. The van der Waals surface area contributed by atoms with Gasteiger partial charge in [0.15, 0.2) is 5.17 Å². The van der Waals surface area contributed by atoms with Crippen LogP contribution in [0.4, 0.5) is 0 Å². The largest absolute Gasteiger partial charge is 0.508 e. The van der Waals surface area contributed by atoms with Crippen molar-refractivity contribution in [3.8, 4) is 5.75 Å². The highest BCUT2D eigenvalue weighted by Gasteiger charge is 2.16. The number of phenolic OH excluding ortho intramolecular Hbond substituents is 1. The van der Waals surface area contributed by atoms with Gasteiger partial charge < -0.3 is 10.0 Å². The average Bonchev–Trinajstić information content (AvgIpc) is 2.71. The van der Waals surface area contributed by atoms with E-state index in [9.17, 15) is 5.11 Å². The molecular formula is C26H30N2OS. The fourth-order valence-corrected chi connectivity index (χ4v) is 4.25. The Morgan fingerprint density at radius 3 is 2.37 bits per heavy atom. The van der Waals surface area contributed by atoms with E-state index in [0.717, 1.165) is 17.3 Å². The Kier molecular flexibility index (Phi) is 7.97. The molecule has 30 heavy (non-hydrogen) atoms. The molecule has 3 nitrogen and oxygen atoms in total. The van der Waals surface area contributed by atoms with Crippen molar-refractivity contribution in [2.24, 2.45) is 10.9 Å². The number of aromatic hydroxyl groups is 1. The van der Waals surface area contributed by atoms with Crippen LogP contribution in [0.15, 0.2) is 88.8 Å². The number of phenols is 1. The molecular weight excluding hydrogens is 388 g/mol. The molecule has 0 aliphatic heterocycles. The van der Waals surface area contributed by atoms with Gasteiger partial charge in [0, 0.05) is 18.0 Å². The zero-order valence-electron chi connectivity index (χ0n) is 18.0. The first-order valence-electron chi connectivity index (χ1n) is 10.4. The van der Waals surface area contributed by atoms with E-state index in [1.54, 1.807) is 17.8 Å². The molecule has 156 valence electrons. The second kappa shape index (κ2) is 10.9. The molecule has 0 fully saturated rings. The van der Waals surface area contributed by atoms with Crippen molar-refractivity contribution < 1.29 is 5.11 Å². The van der Waals surface area contributed by atoms with Crippen LogP contribution in [0.5, 0.6) is 5.75 Å². The zero-order valence-corrected chi connectivity index (χ0v) is 18.8. The Balaban J connectivity index is 1.92. The predicted molar refractivity (Wildman–Crippen MR) is 128 cm³/mol. The summed E-state index contributed by atoms with van der Waals surface area (Å²) in [6.07, 6.45) is 0. The van der Waals surface area contributed by atoms with Crippen LogP contribution in [-0.4, -0.2) is 21.7 Å². The highest BCUT2D eigenvalue weighted by Crippen LogP contribution is 2.26. The zero-order chi connectivity index (χ0) is 21.3. The van der Waals surface area contributed by atoms with Gasteiger partial charge in [-0.2, -0.15) is 0 Å². The van der Waals surface area contributed by atoms with Gasteiger partial charge in [-0.25, -0.2) is 0 Å². The number of thioether (sulfide) groups is 1. The SMILES string of the molecule is Cc1cccc(SC(=NCc2ccccc2)N(Cc2cccc(O)c2)CC(C)C)c1. The van der Waals surface area contributed by atoms with Crippen molar-refractivity contribution in [2.45, 2.75) is 38.8 Å². The molecule has 0 aliphatic rings. The summed E-state index contributed by atoms with van der Waals surface area (Å²) in [6, 6.07) is 26.4. The van der Waals surface area contributed by atoms with E-state index < -0.39 is 0 Å². The summed E-state index contributed by atoms with van der Waals surface area (Å²) < 4.78 is 0. The van der Waals surface area contributed by atoms with Crippen LogP contribution in [0.1, 0.15) is 30.5 Å². The van der Waals surface area contributed by atoms with Crippen molar-refractivity contribution in [3.05, 3.63) is 95.6 Å². The quantitative estimate of drug-likeness (QED) is 0.270. The van der Waals surface area contributed by atoms with E-state index in [0.29, 0.717) is 24.8 Å². The Bertz CT molecular complexity index is 970. The van der Waals surface area contributed by atoms with Crippen LogP contribution in [0.2, 0.25) is 0 Å². The van der Waals surface area contributed by atoms with Gasteiger partial charge in [0.2, 0.25) is 0 Å². The molecule has 0 aromatic heterocycles. The van der Waals surface area contributed by atoms with Gasteiger partial charge in [0.05, 0.1) is 6.54 Å². The maximum absolute atomic E-state index is 9.91. The van der Waals surface area contributed by atoms with E-state index in [4.69, 9.17) is 4.99 Å². The van der Waals surface area contributed by atoms with Gasteiger partial charge in [-0.05, 0) is 48.2 Å². The topological polar surface area (TPSA) is 35.8 Å². The van der Waals surface area contributed by atoms with Gasteiger partial charge in [0.1, 0.15) is 5.75 Å². The molecule has 0 bridgehead atoms. The van der Waals surface area contributed by atoms with Crippen LogP contribution in [0.3, 0.4) is 0 Å². The molecule has 3 aromatic carbocycles. The molecule has 0 atom stereocenters. The first-order chi connectivity index (χ1) is 14.5. The fourth-order valence-electron chi connectivity index (χ4n) is 3.25. The van der Waals surface area contributed by atoms with E-state index in [2.05, 4.69) is 80.3 Å². The van der Waals surface area contributed by atoms with Crippen LogP contribution in [0, 0.1) is 12.8 Å². The lowest BCUT2D eigenvalue weighted by atomic mass is 10.1. The molecule has 1 N–H and O–H groups in total. The Morgan fingerprint density at radius 1 is 0.933 bits per heavy atom. The molecule has 0 heterocycles. The average molecular weight is 419 g/mol. The van der Waals surface area contributed by atoms with E-state index in [1.807, 2.05) is 18.2 Å². The predicted octanol–water partition coefficient (Wildman–Crippen LogP) is 6.51. The highest BCUT2D eigenvalue weighted by atomic mass is 32.2.